The number of primary amides is 1. The van der Waals surface area contributed by atoms with E-state index in [1.54, 1.807) is 7.05 Å². The van der Waals surface area contributed by atoms with Crippen molar-refractivity contribution in [3.63, 3.8) is 0 Å². The quantitative estimate of drug-likeness (QED) is 0.388. The van der Waals surface area contributed by atoms with Gasteiger partial charge in [-0.3, -0.25) is 14.9 Å². The standard InChI is InChI=1S/C9H13N5O4/c1-11-7-3-2-5(14(17)18)9(13-7)12-4-6(15)8(10)16/h2-3,6,15H,4H2,1H3,(H2,10,16)(H2,11,12,13). The van der Waals surface area contributed by atoms with Gasteiger partial charge in [0.15, 0.2) is 0 Å². The highest BCUT2D eigenvalue weighted by molar-refractivity contribution is 5.79. The van der Waals surface area contributed by atoms with Crippen molar-refractivity contribution in [2.45, 2.75) is 6.10 Å². The fourth-order valence-electron chi connectivity index (χ4n) is 1.16. The van der Waals surface area contributed by atoms with Gasteiger partial charge in [-0.25, -0.2) is 4.98 Å². The maximum Gasteiger partial charge on any atom is 0.311 e. The summed E-state index contributed by atoms with van der Waals surface area (Å²) in [5.74, 6) is -0.557. The molecule has 0 fully saturated rings. The van der Waals surface area contributed by atoms with E-state index in [0.717, 1.165) is 0 Å². The second kappa shape index (κ2) is 5.77. The highest BCUT2D eigenvalue weighted by atomic mass is 16.6. The lowest BCUT2D eigenvalue weighted by atomic mass is 10.3. The third-order valence-electron chi connectivity index (χ3n) is 2.12. The third kappa shape index (κ3) is 3.28. The second-order valence-corrected chi connectivity index (χ2v) is 3.37. The Hall–Kier alpha value is -2.42. The molecular formula is C9H13N5O4. The van der Waals surface area contributed by atoms with Crippen LogP contribution in [-0.2, 0) is 4.79 Å². The van der Waals surface area contributed by atoms with E-state index in [1.807, 2.05) is 0 Å². The molecule has 1 aromatic heterocycles. The number of pyridine rings is 1. The Bertz CT molecular complexity index is 464. The van der Waals surface area contributed by atoms with Crippen LogP contribution in [0.25, 0.3) is 0 Å². The second-order valence-electron chi connectivity index (χ2n) is 3.37. The van der Waals surface area contributed by atoms with E-state index in [4.69, 9.17) is 5.73 Å². The van der Waals surface area contributed by atoms with Crippen molar-refractivity contribution in [1.29, 1.82) is 0 Å². The van der Waals surface area contributed by atoms with Crippen molar-refractivity contribution < 1.29 is 14.8 Å². The number of nitrogens with two attached hydrogens (primary N) is 1. The molecule has 0 saturated carbocycles. The molecule has 1 aromatic rings. The first-order valence-electron chi connectivity index (χ1n) is 5.00. The molecule has 0 aromatic carbocycles. The van der Waals surface area contributed by atoms with E-state index in [1.165, 1.54) is 12.1 Å². The van der Waals surface area contributed by atoms with E-state index >= 15 is 0 Å². The Morgan fingerprint density at radius 3 is 2.83 bits per heavy atom. The molecule has 0 saturated heterocycles. The van der Waals surface area contributed by atoms with Gasteiger partial charge in [0, 0.05) is 13.1 Å². The molecule has 18 heavy (non-hydrogen) atoms. The molecule has 5 N–H and O–H groups in total. The SMILES string of the molecule is CNc1ccc([N+](=O)[O-])c(NCC(O)C(N)=O)n1. The summed E-state index contributed by atoms with van der Waals surface area (Å²) in [7, 11) is 1.61. The van der Waals surface area contributed by atoms with Gasteiger partial charge in [-0.15, -0.1) is 0 Å². The first kappa shape index (κ1) is 13.6. The van der Waals surface area contributed by atoms with Crippen LogP contribution in [0.5, 0.6) is 0 Å². The van der Waals surface area contributed by atoms with E-state index in [-0.39, 0.29) is 18.1 Å². The molecule has 0 aliphatic heterocycles. The molecule has 1 rings (SSSR count). The van der Waals surface area contributed by atoms with Crippen LogP contribution in [0.4, 0.5) is 17.3 Å². The molecular weight excluding hydrogens is 242 g/mol. The minimum Gasteiger partial charge on any atom is -0.381 e. The summed E-state index contributed by atoms with van der Waals surface area (Å²) in [6, 6.07) is 2.70. The van der Waals surface area contributed by atoms with Gasteiger partial charge in [0.05, 0.1) is 11.5 Å². The van der Waals surface area contributed by atoms with Crippen LogP contribution in [0.2, 0.25) is 0 Å². The number of hydrogen-bond acceptors (Lipinski definition) is 7. The number of nitrogens with one attached hydrogen (secondary N) is 2. The normalized spacial score (nSPS) is 11.7. The van der Waals surface area contributed by atoms with Crippen LogP contribution >= 0.6 is 0 Å². The third-order valence-corrected chi connectivity index (χ3v) is 2.12. The Morgan fingerprint density at radius 2 is 2.33 bits per heavy atom. The molecule has 98 valence electrons. The summed E-state index contributed by atoms with van der Waals surface area (Å²) in [6.07, 6.45) is -1.44. The van der Waals surface area contributed by atoms with Crippen molar-refractivity contribution in [1.82, 2.24) is 4.98 Å². The molecule has 0 aliphatic rings. The number of aliphatic hydroxyl groups excluding tert-OH is 1. The molecule has 9 heteroatoms. The first-order chi connectivity index (χ1) is 8.45. The van der Waals surface area contributed by atoms with Gasteiger partial charge in [-0.05, 0) is 6.07 Å². The van der Waals surface area contributed by atoms with Gasteiger partial charge < -0.3 is 21.5 Å². The molecule has 0 radical (unpaired) electrons. The number of nitrogens with zero attached hydrogens (tertiary/aromatic N) is 2. The topological polar surface area (TPSA) is 143 Å². The van der Waals surface area contributed by atoms with E-state index in [9.17, 15) is 20.0 Å². The van der Waals surface area contributed by atoms with Crippen molar-refractivity contribution >= 4 is 23.2 Å². The average Bonchev–Trinajstić information content (AvgIpc) is 2.34. The van der Waals surface area contributed by atoms with Crippen LogP contribution in [0.1, 0.15) is 0 Å². The fourth-order valence-corrected chi connectivity index (χ4v) is 1.16. The summed E-state index contributed by atoms with van der Waals surface area (Å²) in [4.78, 5) is 24.7. The lowest BCUT2D eigenvalue weighted by Crippen LogP contribution is -2.34. The van der Waals surface area contributed by atoms with E-state index < -0.39 is 16.9 Å². The Labute approximate surface area is 102 Å². The van der Waals surface area contributed by atoms with Gasteiger partial charge in [0.1, 0.15) is 11.9 Å². The average molecular weight is 255 g/mol. The minimum absolute atomic E-state index is 0.0489. The van der Waals surface area contributed by atoms with Crippen molar-refractivity contribution in [3.8, 4) is 0 Å². The number of amides is 1. The largest absolute Gasteiger partial charge is 0.381 e. The molecule has 0 bridgehead atoms. The predicted molar refractivity (Wildman–Crippen MR) is 64.1 cm³/mol. The Kier molecular flexibility index (Phi) is 4.38. The summed E-state index contributed by atoms with van der Waals surface area (Å²) >= 11 is 0. The van der Waals surface area contributed by atoms with E-state index in [0.29, 0.717) is 5.82 Å². The number of hydrogen-bond donors (Lipinski definition) is 4. The van der Waals surface area contributed by atoms with Crippen molar-refractivity contribution in [2.75, 3.05) is 24.2 Å². The summed E-state index contributed by atoms with van der Waals surface area (Å²) in [6.45, 7) is -0.254. The summed E-state index contributed by atoms with van der Waals surface area (Å²) in [5.41, 5.74) is 4.60. The maximum absolute atomic E-state index is 10.8. The van der Waals surface area contributed by atoms with Gasteiger partial charge in [0.2, 0.25) is 11.7 Å². The zero-order chi connectivity index (χ0) is 13.7. The van der Waals surface area contributed by atoms with Crippen LogP contribution in [-0.4, -0.2) is 40.6 Å². The molecule has 1 amide bonds. The summed E-state index contributed by atoms with van der Waals surface area (Å²) in [5, 5.41) is 25.2. The number of aromatic nitrogens is 1. The zero-order valence-corrected chi connectivity index (χ0v) is 9.58. The number of carbonyl (C=O) groups excluding carboxylic acids is 1. The summed E-state index contributed by atoms with van der Waals surface area (Å²) < 4.78 is 0. The van der Waals surface area contributed by atoms with Gasteiger partial charge >= 0.3 is 5.69 Å². The predicted octanol–water partition coefficient (Wildman–Crippen LogP) is -0.710. The molecule has 9 nitrogen and oxygen atoms in total. The first-order valence-corrected chi connectivity index (χ1v) is 5.00. The van der Waals surface area contributed by atoms with Gasteiger partial charge in [0.25, 0.3) is 0 Å². The number of rotatable bonds is 6. The smallest absolute Gasteiger partial charge is 0.311 e. The molecule has 0 aliphatic carbocycles. The van der Waals surface area contributed by atoms with Gasteiger partial charge in [-0.1, -0.05) is 0 Å². The lowest BCUT2D eigenvalue weighted by molar-refractivity contribution is -0.384. The number of aliphatic hydroxyl groups is 1. The van der Waals surface area contributed by atoms with E-state index in [2.05, 4.69) is 15.6 Å². The number of carbonyl (C=O) groups is 1. The molecule has 0 spiro atoms. The fraction of sp³-hybridized carbons (Fsp3) is 0.333. The van der Waals surface area contributed by atoms with Crippen LogP contribution in [0.3, 0.4) is 0 Å². The lowest BCUT2D eigenvalue weighted by Gasteiger charge is -2.10. The zero-order valence-electron chi connectivity index (χ0n) is 9.58. The molecule has 1 unspecified atom stereocenters. The number of anilines is 2. The van der Waals surface area contributed by atoms with Crippen molar-refractivity contribution in [2.24, 2.45) is 5.73 Å². The van der Waals surface area contributed by atoms with Crippen LogP contribution < -0.4 is 16.4 Å². The highest BCUT2D eigenvalue weighted by Gasteiger charge is 2.18. The minimum atomic E-state index is -1.44. The highest BCUT2D eigenvalue weighted by Crippen LogP contribution is 2.23. The Balaban J connectivity index is 2.90. The van der Waals surface area contributed by atoms with Gasteiger partial charge in [-0.2, -0.15) is 0 Å². The maximum atomic E-state index is 10.8. The molecule has 1 heterocycles. The Morgan fingerprint density at radius 1 is 1.67 bits per heavy atom. The van der Waals surface area contributed by atoms with Crippen LogP contribution in [0, 0.1) is 10.1 Å². The van der Waals surface area contributed by atoms with Crippen molar-refractivity contribution in [3.05, 3.63) is 22.2 Å². The molecule has 1 atom stereocenters. The van der Waals surface area contributed by atoms with Crippen LogP contribution in [0.15, 0.2) is 12.1 Å². The monoisotopic (exact) mass is 255 g/mol. The number of nitro groups is 1.